The van der Waals surface area contributed by atoms with Crippen molar-refractivity contribution in [3.63, 3.8) is 0 Å². The summed E-state index contributed by atoms with van der Waals surface area (Å²) in [5.74, 6) is 0.620. The molecule has 0 atom stereocenters. The van der Waals surface area contributed by atoms with Crippen LogP contribution < -0.4 is 4.57 Å². The molecule has 4 aromatic carbocycles. The normalized spacial score (nSPS) is 16.9. The minimum absolute atomic E-state index is 0.299. The minimum atomic E-state index is 0.299. The van der Waals surface area contributed by atoms with Gasteiger partial charge in [-0.15, -0.1) is 0 Å². The third-order valence-electron chi connectivity index (χ3n) is 8.47. The van der Waals surface area contributed by atoms with Crippen LogP contribution in [0.4, 0.5) is 0 Å². The summed E-state index contributed by atoms with van der Waals surface area (Å²) in [4.78, 5) is 0. The van der Waals surface area contributed by atoms with Crippen LogP contribution in [-0.4, -0.2) is 0 Å². The fraction of sp³-hybridized carbons (Fsp3) is 0.171. The zero-order chi connectivity index (χ0) is 24.6. The van der Waals surface area contributed by atoms with Crippen molar-refractivity contribution in [1.82, 2.24) is 0 Å². The Morgan fingerprint density at radius 3 is 1.56 bits per heavy atom. The van der Waals surface area contributed by atoms with Crippen molar-refractivity contribution in [1.29, 1.82) is 0 Å². The first-order chi connectivity index (χ1) is 17.5. The van der Waals surface area contributed by atoms with Crippen LogP contribution in [0, 0.1) is 20.8 Å². The third kappa shape index (κ3) is 2.92. The molecule has 0 spiro atoms. The summed E-state index contributed by atoms with van der Waals surface area (Å²) in [5.41, 5.74) is 18.0. The van der Waals surface area contributed by atoms with E-state index in [1.807, 2.05) is 0 Å². The Hall–Kier alpha value is -3.97. The van der Waals surface area contributed by atoms with Gasteiger partial charge < -0.3 is 0 Å². The van der Waals surface area contributed by atoms with E-state index in [0.29, 0.717) is 11.8 Å². The number of aromatic nitrogens is 1. The van der Waals surface area contributed by atoms with Crippen molar-refractivity contribution in [3.8, 4) is 22.4 Å². The maximum atomic E-state index is 2.51. The van der Waals surface area contributed by atoms with E-state index in [1.54, 1.807) is 0 Å². The average Bonchev–Trinajstić information content (AvgIpc) is 2.89. The van der Waals surface area contributed by atoms with Crippen molar-refractivity contribution in [2.45, 2.75) is 32.6 Å². The summed E-state index contributed by atoms with van der Waals surface area (Å²) in [5, 5.41) is 0. The highest BCUT2D eigenvalue weighted by molar-refractivity contribution is 5.78. The molecule has 0 radical (unpaired) electrons. The van der Waals surface area contributed by atoms with E-state index in [2.05, 4.69) is 130 Å². The molecule has 1 nitrogen and oxygen atoms in total. The largest absolute Gasteiger partial charge is 0.213 e. The van der Waals surface area contributed by atoms with Crippen molar-refractivity contribution < 1.29 is 4.57 Å². The van der Waals surface area contributed by atoms with Gasteiger partial charge >= 0.3 is 0 Å². The van der Waals surface area contributed by atoms with Crippen LogP contribution in [0.25, 0.3) is 22.4 Å². The molecule has 3 aliphatic rings. The predicted octanol–water partition coefficient (Wildman–Crippen LogP) is 7.76. The molecule has 1 aromatic heterocycles. The van der Waals surface area contributed by atoms with Crippen LogP contribution in [-0.2, 0) is 7.05 Å². The molecule has 3 aliphatic carbocycles. The lowest BCUT2D eigenvalue weighted by molar-refractivity contribution is -0.660. The van der Waals surface area contributed by atoms with Crippen LogP contribution in [0.5, 0.6) is 0 Å². The SMILES string of the molecule is Cc1cc2c(cc1-c1cc(-c3ccccc3C)[n+](C)cc1C)C1c3ccccc3C2c2ccccc21. The van der Waals surface area contributed by atoms with E-state index in [9.17, 15) is 0 Å². The zero-order valence-corrected chi connectivity index (χ0v) is 21.3. The maximum absolute atomic E-state index is 2.51. The van der Waals surface area contributed by atoms with Gasteiger partial charge in [-0.2, -0.15) is 0 Å². The summed E-state index contributed by atoms with van der Waals surface area (Å²) in [6.07, 6.45) is 2.28. The summed E-state index contributed by atoms with van der Waals surface area (Å²) < 4.78 is 2.27. The standard InChI is InChI=1S/C35H30N/c1-21-11-5-6-12-24(21)33-19-30(23(3)20-36(33)4)29-18-32-31(17-22(29)2)34-25-13-7-9-15-27(25)35(32)28-16-10-8-14-26(28)34/h5-20,34-35H,1-4H3/q+1. The summed E-state index contributed by atoms with van der Waals surface area (Å²) in [7, 11) is 2.16. The molecule has 5 aromatic rings. The van der Waals surface area contributed by atoms with Gasteiger partial charge in [0, 0.05) is 29.0 Å². The van der Waals surface area contributed by atoms with E-state index in [-0.39, 0.29) is 0 Å². The first kappa shape index (κ1) is 21.3. The highest BCUT2D eigenvalue weighted by atomic mass is 14.9. The number of aryl methyl sites for hydroxylation is 4. The molecule has 0 N–H and O–H groups in total. The summed E-state index contributed by atoms with van der Waals surface area (Å²) >= 11 is 0. The average molecular weight is 465 g/mol. The van der Waals surface area contributed by atoms with Crippen LogP contribution in [0.2, 0.25) is 0 Å². The van der Waals surface area contributed by atoms with Crippen molar-refractivity contribution in [3.05, 3.63) is 147 Å². The second-order valence-corrected chi connectivity index (χ2v) is 10.6. The second-order valence-electron chi connectivity index (χ2n) is 10.6. The van der Waals surface area contributed by atoms with E-state index >= 15 is 0 Å². The van der Waals surface area contributed by atoms with E-state index in [0.717, 1.165) is 0 Å². The third-order valence-corrected chi connectivity index (χ3v) is 8.47. The molecule has 0 fully saturated rings. The topological polar surface area (TPSA) is 3.88 Å². The number of rotatable bonds is 2. The number of hydrogen-bond donors (Lipinski definition) is 0. The van der Waals surface area contributed by atoms with Crippen LogP contribution in [0.3, 0.4) is 0 Å². The minimum Gasteiger partial charge on any atom is -0.201 e. The zero-order valence-electron chi connectivity index (χ0n) is 21.3. The van der Waals surface area contributed by atoms with Gasteiger partial charge in [0.1, 0.15) is 7.05 Å². The van der Waals surface area contributed by atoms with Crippen molar-refractivity contribution in [2.75, 3.05) is 0 Å². The van der Waals surface area contributed by atoms with E-state index in [1.165, 1.54) is 72.5 Å². The molecule has 1 heterocycles. The van der Waals surface area contributed by atoms with Gasteiger partial charge in [0.2, 0.25) is 5.69 Å². The molecule has 0 unspecified atom stereocenters. The number of hydrogen-bond acceptors (Lipinski definition) is 0. The Bertz CT molecular complexity index is 1640. The highest BCUT2D eigenvalue weighted by Crippen LogP contribution is 2.56. The number of nitrogens with zero attached hydrogens (tertiary/aromatic N) is 1. The fourth-order valence-corrected chi connectivity index (χ4v) is 6.82. The molecule has 2 bridgehead atoms. The number of benzene rings is 4. The van der Waals surface area contributed by atoms with Gasteiger partial charge in [-0.1, -0.05) is 72.8 Å². The molecule has 174 valence electrons. The molecule has 1 heteroatoms. The first-order valence-corrected chi connectivity index (χ1v) is 12.9. The Balaban J connectivity index is 1.46. The van der Waals surface area contributed by atoms with E-state index in [4.69, 9.17) is 0 Å². The van der Waals surface area contributed by atoms with Crippen LogP contribution in [0.1, 0.15) is 61.9 Å². The van der Waals surface area contributed by atoms with Gasteiger partial charge in [-0.3, -0.25) is 0 Å². The molecule has 0 amide bonds. The van der Waals surface area contributed by atoms with Gasteiger partial charge in [0.25, 0.3) is 0 Å². The molecule has 0 saturated heterocycles. The number of pyridine rings is 1. The van der Waals surface area contributed by atoms with Crippen molar-refractivity contribution in [2.24, 2.45) is 7.05 Å². The quantitative estimate of drug-likeness (QED) is 0.230. The van der Waals surface area contributed by atoms with Gasteiger partial charge in [0.15, 0.2) is 6.20 Å². The smallest absolute Gasteiger partial charge is 0.201 e. The Kier molecular flexibility index (Phi) is 4.60. The van der Waals surface area contributed by atoms with Crippen LogP contribution >= 0.6 is 0 Å². The highest BCUT2D eigenvalue weighted by Gasteiger charge is 2.41. The lowest BCUT2D eigenvalue weighted by Gasteiger charge is -2.42. The summed E-state index contributed by atoms with van der Waals surface area (Å²) in [6.45, 7) is 6.73. The van der Waals surface area contributed by atoms with Gasteiger partial charge in [-0.25, -0.2) is 4.57 Å². The lowest BCUT2D eigenvalue weighted by atomic mass is 9.60. The summed E-state index contributed by atoms with van der Waals surface area (Å²) in [6, 6.07) is 34.2. The molecular formula is C35H30N+. The molecule has 36 heavy (non-hydrogen) atoms. The molecule has 0 saturated carbocycles. The second kappa shape index (κ2) is 7.77. The van der Waals surface area contributed by atoms with E-state index < -0.39 is 0 Å². The predicted molar refractivity (Wildman–Crippen MR) is 147 cm³/mol. The van der Waals surface area contributed by atoms with Crippen LogP contribution in [0.15, 0.2) is 97.2 Å². The fourth-order valence-electron chi connectivity index (χ4n) is 6.82. The Morgan fingerprint density at radius 1 is 0.472 bits per heavy atom. The Morgan fingerprint density at radius 2 is 0.972 bits per heavy atom. The Labute approximate surface area is 213 Å². The van der Waals surface area contributed by atoms with Gasteiger partial charge in [-0.05, 0) is 88.5 Å². The van der Waals surface area contributed by atoms with Gasteiger partial charge in [0.05, 0.1) is 0 Å². The monoisotopic (exact) mass is 464 g/mol. The maximum Gasteiger partial charge on any atom is 0.213 e. The van der Waals surface area contributed by atoms with Crippen molar-refractivity contribution >= 4 is 0 Å². The molecule has 8 rings (SSSR count). The first-order valence-electron chi connectivity index (χ1n) is 12.9. The molecule has 0 aliphatic heterocycles. The lowest BCUT2D eigenvalue weighted by Crippen LogP contribution is -2.31. The molecular weight excluding hydrogens is 434 g/mol.